The van der Waals surface area contributed by atoms with Gasteiger partial charge in [-0.15, -0.1) is 0 Å². The Balaban J connectivity index is 2.16. The van der Waals surface area contributed by atoms with Crippen LogP contribution < -0.4 is 0 Å². The molecule has 0 spiro atoms. The first-order valence-electron chi connectivity index (χ1n) is 6.87. The molecule has 0 aromatic heterocycles. The van der Waals surface area contributed by atoms with Gasteiger partial charge in [-0.2, -0.15) is 4.39 Å². The van der Waals surface area contributed by atoms with E-state index in [1.165, 1.54) is 12.1 Å². The number of carbonyl (C=O) groups is 1. The number of nitro benzene ring substituents is 1. The predicted octanol–water partition coefficient (Wildman–Crippen LogP) is 2.26. The minimum Gasteiger partial charge on any atom is -0.465 e. The van der Waals surface area contributed by atoms with E-state index in [0.717, 1.165) is 12.5 Å². The lowest BCUT2D eigenvalue weighted by Crippen LogP contribution is -2.37. The molecule has 1 aliphatic heterocycles. The lowest BCUT2D eigenvalue weighted by molar-refractivity contribution is -0.387. The third-order valence-corrected chi connectivity index (χ3v) is 3.55. The normalized spacial score (nSPS) is 18.7. The van der Waals surface area contributed by atoms with E-state index in [0.29, 0.717) is 19.6 Å². The van der Waals surface area contributed by atoms with Gasteiger partial charge in [-0.3, -0.25) is 19.8 Å². The number of nitrogens with zero attached hydrogens (tertiary/aromatic N) is 2. The van der Waals surface area contributed by atoms with Gasteiger partial charge in [0.15, 0.2) is 0 Å². The fraction of sp³-hybridized carbons (Fsp3) is 0.500. The molecule has 114 valence electrons. The van der Waals surface area contributed by atoms with Crippen LogP contribution >= 0.6 is 0 Å². The van der Waals surface area contributed by atoms with Crippen molar-refractivity contribution in [2.45, 2.75) is 32.4 Å². The van der Waals surface area contributed by atoms with Gasteiger partial charge in [0.1, 0.15) is 6.04 Å². The number of benzene rings is 1. The monoisotopic (exact) mass is 296 g/mol. The molecular weight excluding hydrogens is 279 g/mol. The molecule has 1 atom stereocenters. The molecule has 6 nitrogen and oxygen atoms in total. The van der Waals surface area contributed by atoms with Crippen molar-refractivity contribution in [3.63, 3.8) is 0 Å². The molecule has 0 bridgehead atoms. The van der Waals surface area contributed by atoms with Gasteiger partial charge in [0.2, 0.25) is 5.82 Å². The number of carbonyl (C=O) groups excluding carboxylic acids is 1. The van der Waals surface area contributed by atoms with E-state index in [2.05, 4.69) is 0 Å². The number of hydrogen-bond acceptors (Lipinski definition) is 5. The molecule has 1 aliphatic rings. The third kappa shape index (κ3) is 3.36. The fourth-order valence-corrected chi connectivity index (χ4v) is 2.57. The zero-order chi connectivity index (χ0) is 15.4. The first-order valence-corrected chi connectivity index (χ1v) is 6.87. The third-order valence-electron chi connectivity index (χ3n) is 3.55. The molecule has 1 heterocycles. The van der Waals surface area contributed by atoms with Crippen molar-refractivity contribution in [3.05, 3.63) is 39.7 Å². The van der Waals surface area contributed by atoms with Gasteiger partial charge >= 0.3 is 11.7 Å². The van der Waals surface area contributed by atoms with Crippen molar-refractivity contribution < 1.29 is 18.8 Å². The topological polar surface area (TPSA) is 72.7 Å². The number of rotatable bonds is 5. The Morgan fingerprint density at radius 2 is 2.33 bits per heavy atom. The molecule has 2 rings (SSSR count). The average molecular weight is 296 g/mol. The van der Waals surface area contributed by atoms with Crippen LogP contribution in [0.1, 0.15) is 25.3 Å². The van der Waals surface area contributed by atoms with Gasteiger partial charge in [-0.25, -0.2) is 0 Å². The molecule has 0 radical (unpaired) electrons. The maximum atomic E-state index is 14.1. The predicted molar refractivity (Wildman–Crippen MR) is 73.1 cm³/mol. The number of esters is 1. The first kappa shape index (κ1) is 15.4. The van der Waals surface area contributed by atoms with Crippen LogP contribution in [0.25, 0.3) is 0 Å². The molecule has 0 saturated carbocycles. The zero-order valence-electron chi connectivity index (χ0n) is 11.8. The molecule has 1 saturated heterocycles. The van der Waals surface area contributed by atoms with E-state index in [1.807, 2.05) is 0 Å². The average Bonchev–Trinajstić information content (AvgIpc) is 2.89. The highest BCUT2D eigenvalue weighted by Gasteiger charge is 2.32. The highest BCUT2D eigenvalue weighted by Crippen LogP contribution is 2.25. The summed E-state index contributed by atoms with van der Waals surface area (Å²) >= 11 is 0. The minimum atomic E-state index is -0.836. The number of likely N-dealkylation sites (tertiary alicyclic amines) is 1. The van der Waals surface area contributed by atoms with E-state index in [-0.39, 0.29) is 18.1 Å². The van der Waals surface area contributed by atoms with Gasteiger partial charge in [0.25, 0.3) is 0 Å². The summed E-state index contributed by atoms with van der Waals surface area (Å²) in [5.74, 6) is -1.15. The van der Waals surface area contributed by atoms with E-state index in [4.69, 9.17) is 4.74 Å². The van der Waals surface area contributed by atoms with Crippen LogP contribution in [0.3, 0.4) is 0 Å². The Hall–Kier alpha value is -2.02. The molecule has 0 aliphatic carbocycles. The van der Waals surface area contributed by atoms with E-state index in [9.17, 15) is 19.3 Å². The minimum absolute atomic E-state index is 0.164. The fourth-order valence-electron chi connectivity index (χ4n) is 2.57. The molecular formula is C14H17FN2O4. The summed E-state index contributed by atoms with van der Waals surface area (Å²) in [5.41, 5.74) is -0.320. The van der Waals surface area contributed by atoms with E-state index in [1.54, 1.807) is 11.8 Å². The highest BCUT2D eigenvalue weighted by atomic mass is 19.1. The smallest absolute Gasteiger partial charge is 0.323 e. The quantitative estimate of drug-likeness (QED) is 0.473. The molecule has 1 unspecified atom stereocenters. The number of halogens is 1. The molecule has 7 heteroatoms. The second-order valence-electron chi connectivity index (χ2n) is 4.89. The molecule has 0 amide bonds. The standard InChI is InChI=1S/C14H17FN2O4/c1-2-21-14(18)12-7-4-8-16(12)9-10-5-3-6-11(13(10)15)17(19)20/h3,5-6,12H,2,4,7-9H2,1H3. The Kier molecular flexibility index (Phi) is 4.85. The highest BCUT2D eigenvalue weighted by molar-refractivity contribution is 5.76. The van der Waals surface area contributed by atoms with Crippen LogP contribution in [0.4, 0.5) is 10.1 Å². The van der Waals surface area contributed by atoms with Crippen LogP contribution in [-0.2, 0) is 16.1 Å². The van der Waals surface area contributed by atoms with Gasteiger partial charge in [-0.1, -0.05) is 12.1 Å². The summed E-state index contributed by atoms with van der Waals surface area (Å²) in [4.78, 5) is 23.6. The van der Waals surface area contributed by atoms with Crippen molar-refractivity contribution >= 4 is 11.7 Å². The van der Waals surface area contributed by atoms with Gasteiger partial charge < -0.3 is 4.74 Å². The Morgan fingerprint density at radius 3 is 3.00 bits per heavy atom. The van der Waals surface area contributed by atoms with Crippen LogP contribution in [0, 0.1) is 15.9 Å². The number of hydrogen-bond donors (Lipinski definition) is 0. The van der Waals surface area contributed by atoms with Crippen molar-refractivity contribution in [1.82, 2.24) is 4.90 Å². The summed E-state index contributed by atoms with van der Waals surface area (Å²) < 4.78 is 19.1. The largest absolute Gasteiger partial charge is 0.465 e. The SMILES string of the molecule is CCOC(=O)C1CCCN1Cc1cccc([N+](=O)[O-])c1F. The Bertz CT molecular complexity index is 550. The number of nitro groups is 1. The first-order chi connectivity index (χ1) is 10.0. The summed E-state index contributed by atoms with van der Waals surface area (Å²) in [7, 11) is 0. The van der Waals surface area contributed by atoms with Gasteiger partial charge in [-0.05, 0) is 26.3 Å². The summed E-state index contributed by atoms with van der Waals surface area (Å²) in [5, 5.41) is 10.7. The maximum Gasteiger partial charge on any atom is 0.323 e. The second-order valence-corrected chi connectivity index (χ2v) is 4.89. The zero-order valence-corrected chi connectivity index (χ0v) is 11.8. The van der Waals surface area contributed by atoms with Crippen LogP contribution in [0.2, 0.25) is 0 Å². The van der Waals surface area contributed by atoms with Gasteiger partial charge in [0, 0.05) is 18.2 Å². The molecule has 0 N–H and O–H groups in total. The maximum absolute atomic E-state index is 14.1. The molecule has 1 aromatic carbocycles. The van der Waals surface area contributed by atoms with Crippen molar-refractivity contribution in [2.75, 3.05) is 13.2 Å². The second kappa shape index (κ2) is 6.62. The molecule has 21 heavy (non-hydrogen) atoms. The Morgan fingerprint density at radius 1 is 1.57 bits per heavy atom. The van der Waals surface area contributed by atoms with E-state index >= 15 is 0 Å². The summed E-state index contributed by atoms with van der Waals surface area (Å²) in [6.07, 6.45) is 1.48. The van der Waals surface area contributed by atoms with Crippen molar-refractivity contribution in [3.8, 4) is 0 Å². The molecule has 1 fully saturated rings. The van der Waals surface area contributed by atoms with Crippen LogP contribution in [0.5, 0.6) is 0 Å². The summed E-state index contributed by atoms with van der Waals surface area (Å²) in [6, 6.07) is 3.68. The molecule has 1 aromatic rings. The number of ether oxygens (including phenoxy) is 1. The lowest BCUT2D eigenvalue weighted by atomic mass is 10.1. The van der Waals surface area contributed by atoms with E-state index < -0.39 is 22.5 Å². The van der Waals surface area contributed by atoms with Crippen LogP contribution in [-0.4, -0.2) is 35.0 Å². The van der Waals surface area contributed by atoms with Crippen molar-refractivity contribution in [2.24, 2.45) is 0 Å². The van der Waals surface area contributed by atoms with Gasteiger partial charge in [0.05, 0.1) is 11.5 Å². The van der Waals surface area contributed by atoms with Crippen molar-refractivity contribution in [1.29, 1.82) is 0 Å². The Labute approximate surface area is 121 Å². The van der Waals surface area contributed by atoms with Crippen LogP contribution in [0.15, 0.2) is 18.2 Å². The lowest BCUT2D eigenvalue weighted by Gasteiger charge is -2.22. The summed E-state index contributed by atoms with van der Waals surface area (Å²) in [6.45, 7) is 2.84.